The van der Waals surface area contributed by atoms with Gasteiger partial charge in [-0.05, 0) is 63.0 Å². The molecule has 1 atom stereocenters. The van der Waals surface area contributed by atoms with Gasteiger partial charge in [0.15, 0.2) is 5.83 Å². The molecule has 2 heterocycles. The smallest absolute Gasteiger partial charge is 0.283 e. The van der Waals surface area contributed by atoms with Crippen LogP contribution >= 0.6 is 11.6 Å². The predicted molar refractivity (Wildman–Crippen MR) is 133 cm³/mol. The summed E-state index contributed by atoms with van der Waals surface area (Å²) in [7, 11) is 2.11. The lowest BCUT2D eigenvalue weighted by Gasteiger charge is -2.29. The second-order valence-electron chi connectivity index (χ2n) is 8.61. The Hall–Kier alpha value is -3.30. The number of ether oxygens (including phenoxy) is 1. The summed E-state index contributed by atoms with van der Waals surface area (Å²) in [6, 6.07) is 7.46. The number of fused-ring (bicyclic) bond motifs is 1. The number of rotatable bonds is 8. The zero-order valence-corrected chi connectivity index (χ0v) is 20.0. The van der Waals surface area contributed by atoms with Crippen molar-refractivity contribution in [2.45, 2.75) is 19.3 Å². The van der Waals surface area contributed by atoms with Crippen molar-refractivity contribution in [1.29, 1.82) is 0 Å². The third-order valence-corrected chi connectivity index (χ3v) is 6.21. The van der Waals surface area contributed by atoms with Gasteiger partial charge in [0.2, 0.25) is 0 Å². The summed E-state index contributed by atoms with van der Waals surface area (Å²) in [6.45, 7) is 5.61. The van der Waals surface area contributed by atoms with Crippen molar-refractivity contribution in [2.75, 3.05) is 37.4 Å². The van der Waals surface area contributed by atoms with Gasteiger partial charge in [0.05, 0.1) is 22.8 Å². The molecule has 0 spiro atoms. The topological polar surface area (TPSA) is 79.4 Å². The first kappa shape index (κ1) is 24.8. The van der Waals surface area contributed by atoms with Gasteiger partial charge >= 0.3 is 0 Å². The number of hydrogen-bond donors (Lipinski definition) is 2. The van der Waals surface area contributed by atoms with Crippen LogP contribution in [-0.2, 0) is 4.79 Å². The molecule has 2 aromatic carbocycles. The van der Waals surface area contributed by atoms with Gasteiger partial charge in [-0.25, -0.2) is 18.7 Å². The number of benzene rings is 2. The third kappa shape index (κ3) is 6.23. The van der Waals surface area contributed by atoms with Crippen LogP contribution in [0.3, 0.4) is 0 Å². The van der Waals surface area contributed by atoms with Crippen molar-refractivity contribution in [2.24, 2.45) is 5.92 Å². The first-order chi connectivity index (χ1) is 16.8. The van der Waals surface area contributed by atoms with E-state index < -0.39 is 17.6 Å². The zero-order chi connectivity index (χ0) is 24.9. The average molecular weight is 502 g/mol. The lowest BCUT2D eigenvalue weighted by molar-refractivity contribution is -0.114. The Morgan fingerprint density at radius 2 is 2.14 bits per heavy atom. The number of hydrogen-bond acceptors (Lipinski definition) is 6. The summed E-state index contributed by atoms with van der Waals surface area (Å²) >= 11 is 5.89. The second-order valence-corrected chi connectivity index (χ2v) is 9.02. The van der Waals surface area contributed by atoms with Crippen LogP contribution in [0.5, 0.6) is 5.75 Å². The molecule has 1 saturated heterocycles. The normalized spacial score (nSPS) is 16.2. The molecule has 1 aliphatic heterocycles. The lowest BCUT2D eigenvalue weighted by Crippen LogP contribution is -2.32. The van der Waals surface area contributed by atoms with Gasteiger partial charge in [-0.2, -0.15) is 0 Å². The van der Waals surface area contributed by atoms with Gasteiger partial charge in [0.25, 0.3) is 5.91 Å². The number of amides is 1. The molecular weight excluding hydrogens is 476 g/mol. The van der Waals surface area contributed by atoms with Crippen molar-refractivity contribution in [3.63, 3.8) is 0 Å². The van der Waals surface area contributed by atoms with Crippen LogP contribution in [0.4, 0.5) is 26.0 Å². The number of piperidine rings is 1. The number of likely N-dealkylation sites (tertiary alicyclic amines) is 1. The maximum atomic E-state index is 13.5. The van der Waals surface area contributed by atoms with Crippen molar-refractivity contribution < 1.29 is 18.3 Å². The van der Waals surface area contributed by atoms with Crippen molar-refractivity contribution in [3.8, 4) is 5.75 Å². The van der Waals surface area contributed by atoms with E-state index in [2.05, 4.69) is 39.1 Å². The molecule has 1 unspecified atom stereocenters. The minimum atomic E-state index is -1.12. The quantitative estimate of drug-likeness (QED) is 0.385. The Morgan fingerprint density at radius 1 is 1.31 bits per heavy atom. The van der Waals surface area contributed by atoms with Gasteiger partial charge in [0, 0.05) is 23.7 Å². The van der Waals surface area contributed by atoms with Crippen LogP contribution in [0, 0.1) is 11.7 Å². The summed E-state index contributed by atoms with van der Waals surface area (Å²) in [5, 5.41) is 6.08. The molecule has 1 aliphatic rings. The van der Waals surface area contributed by atoms with Crippen LogP contribution in [0.1, 0.15) is 19.3 Å². The number of anilines is 3. The molecule has 1 fully saturated rings. The standard InChI is InChI=1S/C25H26ClF2N5O2/c1-15(27)25(34)32-22-11-18-21(12-23(22)35-9-7-16-4-3-8-33(2)13-16)29-14-30-24(18)31-17-5-6-20(28)19(26)10-17/h5-6,10-12,14,16H,1,3-4,7-9,13H2,2H3,(H,32,34)(H,29,30,31). The maximum absolute atomic E-state index is 13.5. The summed E-state index contributed by atoms with van der Waals surface area (Å²) in [5.74, 6) is -1.35. The van der Waals surface area contributed by atoms with Crippen LogP contribution in [-0.4, -0.2) is 47.5 Å². The molecule has 7 nitrogen and oxygen atoms in total. The van der Waals surface area contributed by atoms with Crippen LogP contribution in [0.2, 0.25) is 5.02 Å². The molecule has 2 N–H and O–H groups in total. The van der Waals surface area contributed by atoms with E-state index in [-0.39, 0.29) is 10.7 Å². The highest BCUT2D eigenvalue weighted by molar-refractivity contribution is 6.31. The third-order valence-electron chi connectivity index (χ3n) is 5.92. The van der Waals surface area contributed by atoms with E-state index in [0.29, 0.717) is 40.7 Å². The second kappa shape index (κ2) is 11.0. The van der Waals surface area contributed by atoms with Gasteiger partial charge in [-0.15, -0.1) is 0 Å². The molecule has 10 heteroatoms. The van der Waals surface area contributed by atoms with Crippen LogP contribution in [0.15, 0.2) is 49.1 Å². The SMILES string of the molecule is C=C(F)C(=O)Nc1cc2c(Nc3ccc(F)c(Cl)c3)ncnc2cc1OCCC1CCCN(C)C1. The number of halogens is 3. The molecule has 184 valence electrons. The van der Waals surface area contributed by atoms with Gasteiger partial charge in [-0.1, -0.05) is 18.2 Å². The highest BCUT2D eigenvalue weighted by Gasteiger charge is 2.19. The fourth-order valence-electron chi connectivity index (χ4n) is 4.15. The molecule has 0 aliphatic carbocycles. The fourth-order valence-corrected chi connectivity index (χ4v) is 4.33. The fraction of sp³-hybridized carbons (Fsp3) is 0.320. The van der Waals surface area contributed by atoms with Gasteiger partial charge in [-0.3, -0.25) is 4.79 Å². The highest BCUT2D eigenvalue weighted by atomic mass is 35.5. The van der Waals surface area contributed by atoms with E-state index in [4.69, 9.17) is 16.3 Å². The van der Waals surface area contributed by atoms with Gasteiger partial charge < -0.3 is 20.3 Å². The van der Waals surface area contributed by atoms with Crippen molar-refractivity contribution in [3.05, 3.63) is 59.9 Å². The predicted octanol–water partition coefficient (Wildman–Crippen LogP) is 5.70. The van der Waals surface area contributed by atoms with E-state index in [1.165, 1.54) is 24.5 Å². The monoisotopic (exact) mass is 501 g/mol. The summed E-state index contributed by atoms with van der Waals surface area (Å²) < 4.78 is 33.0. The number of carbonyl (C=O) groups excluding carboxylic acids is 1. The van der Waals surface area contributed by atoms with E-state index in [1.54, 1.807) is 12.1 Å². The maximum Gasteiger partial charge on any atom is 0.283 e. The zero-order valence-electron chi connectivity index (χ0n) is 19.3. The molecule has 0 saturated carbocycles. The summed E-state index contributed by atoms with van der Waals surface area (Å²) in [5.41, 5.74) is 1.31. The van der Waals surface area contributed by atoms with E-state index in [9.17, 15) is 13.6 Å². The molecule has 3 aromatic rings. The largest absolute Gasteiger partial charge is 0.491 e. The molecule has 1 amide bonds. The van der Waals surface area contributed by atoms with E-state index >= 15 is 0 Å². The number of nitrogens with one attached hydrogen (secondary N) is 2. The lowest BCUT2D eigenvalue weighted by atomic mass is 9.96. The van der Waals surface area contributed by atoms with Crippen molar-refractivity contribution >= 4 is 45.6 Å². The highest BCUT2D eigenvalue weighted by Crippen LogP contribution is 2.34. The van der Waals surface area contributed by atoms with E-state index in [1.807, 2.05) is 0 Å². The van der Waals surface area contributed by atoms with Gasteiger partial charge in [0.1, 0.15) is 23.7 Å². The Balaban J connectivity index is 1.61. The number of aromatic nitrogens is 2. The molecule has 0 bridgehead atoms. The Labute approximate surface area is 207 Å². The van der Waals surface area contributed by atoms with Crippen LogP contribution in [0.25, 0.3) is 10.9 Å². The summed E-state index contributed by atoms with van der Waals surface area (Å²) in [6.07, 6.45) is 4.53. The Kier molecular flexibility index (Phi) is 7.77. The minimum absolute atomic E-state index is 0.0392. The molecule has 0 radical (unpaired) electrons. The van der Waals surface area contributed by atoms with Crippen molar-refractivity contribution in [1.82, 2.24) is 14.9 Å². The first-order valence-electron chi connectivity index (χ1n) is 11.3. The molecular formula is C25H26ClF2N5O2. The Bertz CT molecular complexity index is 1260. The Morgan fingerprint density at radius 3 is 2.89 bits per heavy atom. The minimum Gasteiger partial charge on any atom is -0.491 e. The molecule has 35 heavy (non-hydrogen) atoms. The van der Waals surface area contributed by atoms with E-state index in [0.717, 1.165) is 32.4 Å². The molecule has 1 aromatic heterocycles. The number of nitrogens with zero attached hydrogens (tertiary/aromatic N) is 3. The average Bonchev–Trinajstić information content (AvgIpc) is 2.82. The van der Waals surface area contributed by atoms with Crippen LogP contribution < -0.4 is 15.4 Å². The molecule has 4 rings (SSSR count). The summed E-state index contributed by atoms with van der Waals surface area (Å²) in [4.78, 5) is 22.9. The first-order valence-corrected chi connectivity index (χ1v) is 11.7. The number of carbonyl (C=O) groups is 1.